The second-order valence-electron chi connectivity index (χ2n) is 3.82. The van der Waals surface area contributed by atoms with Gasteiger partial charge in [-0.3, -0.25) is 0 Å². The number of anilines is 1. The van der Waals surface area contributed by atoms with E-state index in [1.807, 2.05) is 0 Å². The minimum Gasteiger partial charge on any atom is -0.406 e. The molecule has 96 valence electrons. The minimum atomic E-state index is -0.630. The van der Waals surface area contributed by atoms with E-state index in [2.05, 4.69) is 15.5 Å². The van der Waals surface area contributed by atoms with E-state index < -0.39 is 11.6 Å². The number of benzene rings is 1. The lowest BCUT2D eigenvalue weighted by atomic mass is 10.2. The molecule has 1 atom stereocenters. The molecule has 0 aliphatic rings. The molecule has 18 heavy (non-hydrogen) atoms. The highest BCUT2D eigenvalue weighted by molar-refractivity contribution is 5.25. The normalized spacial score (nSPS) is 12.4. The van der Waals surface area contributed by atoms with Crippen LogP contribution in [0, 0.1) is 11.6 Å². The van der Waals surface area contributed by atoms with Crippen LogP contribution < -0.4 is 11.1 Å². The van der Waals surface area contributed by atoms with Gasteiger partial charge >= 0.3 is 6.01 Å². The molecule has 5 nitrogen and oxygen atoms in total. The number of nitrogens with one attached hydrogen (secondary N) is 1. The van der Waals surface area contributed by atoms with E-state index in [0.717, 1.165) is 6.07 Å². The first kappa shape index (κ1) is 12.4. The first-order chi connectivity index (χ1) is 8.56. The van der Waals surface area contributed by atoms with Gasteiger partial charge in [-0.15, -0.1) is 5.10 Å². The molecule has 1 aromatic carbocycles. The smallest absolute Gasteiger partial charge is 0.315 e. The van der Waals surface area contributed by atoms with Crippen molar-refractivity contribution in [1.82, 2.24) is 10.2 Å². The van der Waals surface area contributed by atoms with Crippen LogP contribution in [0.15, 0.2) is 22.6 Å². The Labute approximate surface area is 102 Å². The van der Waals surface area contributed by atoms with Gasteiger partial charge < -0.3 is 15.5 Å². The van der Waals surface area contributed by atoms with Crippen LogP contribution in [0.1, 0.15) is 24.4 Å². The van der Waals surface area contributed by atoms with Crippen LogP contribution in [-0.4, -0.2) is 10.2 Å². The molecular formula is C11H12F2N4O. The molecule has 7 heteroatoms. The van der Waals surface area contributed by atoms with Crippen LogP contribution in [0.3, 0.4) is 0 Å². The van der Waals surface area contributed by atoms with E-state index in [0.29, 0.717) is 5.56 Å². The largest absolute Gasteiger partial charge is 0.406 e. The second kappa shape index (κ2) is 5.09. The molecule has 0 aliphatic carbocycles. The van der Waals surface area contributed by atoms with Crippen LogP contribution in [-0.2, 0) is 6.54 Å². The lowest BCUT2D eigenvalue weighted by molar-refractivity contribution is 0.472. The maximum Gasteiger partial charge on any atom is 0.315 e. The highest BCUT2D eigenvalue weighted by Crippen LogP contribution is 2.14. The van der Waals surface area contributed by atoms with Crippen molar-refractivity contribution in [2.45, 2.75) is 19.5 Å². The standard InChI is InChI=1S/C11H12F2N4O/c1-6(14)10-16-17-11(18-10)15-5-7-2-3-8(12)4-9(7)13/h2-4,6H,5,14H2,1H3,(H,15,17). The predicted octanol–water partition coefficient (Wildman–Crippen LogP) is 1.98. The number of nitrogens with two attached hydrogens (primary N) is 1. The van der Waals surface area contributed by atoms with E-state index in [-0.39, 0.29) is 24.5 Å². The molecule has 0 radical (unpaired) electrons. The van der Waals surface area contributed by atoms with Gasteiger partial charge in [-0.25, -0.2) is 8.78 Å². The number of aromatic nitrogens is 2. The van der Waals surface area contributed by atoms with Crippen LogP contribution in [0.25, 0.3) is 0 Å². The monoisotopic (exact) mass is 254 g/mol. The Morgan fingerprint density at radius 1 is 1.39 bits per heavy atom. The third-order valence-electron chi connectivity index (χ3n) is 2.28. The number of hydrogen-bond donors (Lipinski definition) is 2. The van der Waals surface area contributed by atoms with Gasteiger partial charge in [0.1, 0.15) is 11.6 Å². The average molecular weight is 254 g/mol. The summed E-state index contributed by atoms with van der Waals surface area (Å²) >= 11 is 0. The van der Waals surface area contributed by atoms with Crippen molar-refractivity contribution in [2.75, 3.05) is 5.32 Å². The molecule has 0 fully saturated rings. The van der Waals surface area contributed by atoms with E-state index in [1.54, 1.807) is 6.92 Å². The molecule has 3 N–H and O–H groups in total. The van der Waals surface area contributed by atoms with Gasteiger partial charge in [-0.05, 0) is 13.0 Å². The van der Waals surface area contributed by atoms with E-state index in [9.17, 15) is 8.78 Å². The molecular weight excluding hydrogens is 242 g/mol. The summed E-state index contributed by atoms with van der Waals surface area (Å²) in [5, 5.41) is 10.1. The number of nitrogens with zero attached hydrogens (tertiary/aromatic N) is 2. The van der Waals surface area contributed by atoms with Gasteiger partial charge in [-0.2, -0.15) is 0 Å². The van der Waals surface area contributed by atoms with Crippen molar-refractivity contribution in [3.8, 4) is 0 Å². The minimum absolute atomic E-state index is 0.118. The Kier molecular flexibility index (Phi) is 3.52. The maximum absolute atomic E-state index is 13.3. The van der Waals surface area contributed by atoms with Gasteiger partial charge in [0.15, 0.2) is 0 Å². The van der Waals surface area contributed by atoms with Crippen molar-refractivity contribution >= 4 is 6.01 Å². The van der Waals surface area contributed by atoms with Gasteiger partial charge in [0.2, 0.25) is 5.89 Å². The van der Waals surface area contributed by atoms with Crippen molar-refractivity contribution in [1.29, 1.82) is 0 Å². The zero-order valence-corrected chi connectivity index (χ0v) is 9.65. The van der Waals surface area contributed by atoms with Gasteiger partial charge in [0.25, 0.3) is 0 Å². The molecule has 0 aliphatic heterocycles. The summed E-state index contributed by atoms with van der Waals surface area (Å²) in [5.74, 6) is -0.959. The van der Waals surface area contributed by atoms with E-state index in [1.165, 1.54) is 12.1 Å². The molecule has 0 bridgehead atoms. The maximum atomic E-state index is 13.3. The summed E-state index contributed by atoms with van der Waals surface area (Å²) < 4.78 is 31.2. The lowest BCUT2D eigenvalue weighted by Gasteiger charge is -2.03. The fourth-order valence-corrected chi connectivity index (χ4v) is 1.33. The second-order valence-corrected chi connectivity index (χ2v) is 3.82. The predicted molar refractivity (Wildman–Crippen MR) is 60.6 cm³/mol. The van der Waals surface area contributed by atoms with Crippen molar-refractivity contribution in [3.63, 3.8) is 0 Å². The molecule has 0 amide bonds. The van der Waals surface area contributed by atoms with Crippen molar-refractivity contribution < 1.29 is 13.2 Å². The lowest BCUT2D eigenvalue weighted by Crippen LogP contribution is -2.04. The Bertz CT molecular complexity index is 542. The summed E-state index contributed by atoms with van der Waals surface area (Å²) in [5.41, 5.74) is 5.85. The quantitative estimate of drug-likeness (QED) is 0.872. The number of hydrogen-bond acceptors (Lipinski definition) is 5. The van der Waals surface area contributed by atoms with Crippen molar-refractivity contribution in [2.24, 2.45) is 5.73 Å². The first-order valence-electron chi connectivity index (χ1n) is 5.33. The fraction of sp³-hybridized carbons (Fsp3) is 0.273. The SMILES string of the molecule is CC(N)c1nnc(NCc2ccc(F)cc2F)o1. The Morgan fingerprint density at radius 2 is 2.17 bits per heavy atom. The summed E-state index contributed by atoms with van der Waals surface area (Å²) in [6.45, 7) is 1.82. The highest BCUT2D eigenvalue weighted by atomic mass is 19.1. The molecule has 1 aromatic heterocycles. The van der Waals surface area contributed by atoms with Crippen LogP contribution >= 0.6 is 0 Å². The third kappa shape index (κ3) is 2.80. The highest BCUT2D eigenvalue weighted by Gasteiger charge is 2.10. The molecule has 2 aromatic rings. The van der Waals surface area contributed by atoms with Gasteiger partial charge in [-0.1, -0.05) is 11.2 Å². The first-order valence-corrected chi connectivity index (χ1v) is 5.33. The summed E-state index contributed by atoms with van der Waals surface area (Å²) in [7, 11) is 0. The van der Waals surface area contributed by atoms with Gasteiger partial charge in [0.05, 0.1) is 6.04 Å². The fourth-order valence-electron chi connectivity index (χ4n) is 1.33. The Morgan fingerprint density at radius 3 is 2.78 bits per heavy atom. The zero-order chi connectivity index (χ0) is 13.1. The molecule has 1 heterocycles. The van der Waals surface area contributed by atoms with Crippen LogP contribution in [0.2, 0.25) is 0 Å². The number of halogens is 2. The van der Waals surface area contributed by atoms with E-state index in [4.69, 9.17) is 10.2 Å². The van der Waals surface area contributed by atoms with Crippen molar-refractivity contribution in [3.05, 3.63) is 41.3 Å². The zero-order valence-electron chi connectivity index (χ0n) is 9.65. The summed E-state index contributed by atoms with van der Waals surface area (Å²) in [6, 6.07) is 3.13. The third-order valence-corrected chi connectivity index (χ3v) is 2.28. The molecule has 2 rings (SSSR count). The molecule has 0 saturated heterocycles. The van der Waals surface area contributed by atoms with Crippen LogP contribution in [0.5, 0.6) is 0 Å². The Balaban J connectivity index is 2.02. The molecule has 1 unspecified atom stereocenters. The summed E-state index contributed by atoms with van der Waals surface area (Å²) in [6.07, 6.45) is 0. The average Bonchev–Trinajstić information content (AvgIpc) is 2.76. The van der Waals surface area contributed by atoms with Gasteiger partial charge in [0, 0.05) is 18.2 Å². The van der Waals surface area contributed by atoms with Crippen LogP contribution in [0.4, 0.5) is 14.8 Å². The van der Waals surface area contributed by atoms with E-state index >= 15 is 0 Å². The molecule has 0 spiro atoms. The summed E-state index contributed by atoms with van der Waals surface area (Å²) in [4.78, 5) is 0. The molecule has 0 saturated carbocycles. The number of rotatable bonds is 4. The Hall–Kier alpha value is -2.02. The topological polar surface area (TPSA) is 77.0 Å².